The van der Waals surface area contributed by atoms with Crippen molar-refractivity contribution in [3.05, 3.63) is 0 Å². The molecule has 4 heteroatoms. The topological polar surface area (TPSA) is 59.6 Å². The molecule has 0 radical (unpaired) electrons. The summed E-state index contributed by atoms with van der Waals surface area (Å²) in [7, 11) is 0. The van der Waals surface area contributed by atoms with Gasteiger partial charge in [0.1, 0.15) is 0 Å². The van der Waals surface area contributed by atoms with E-state index in [4.69, 9.17) is 10.5 Å². The Balaban J connectivity index is 3.32. The molecule has 0 aromatic heterocycles. The molecule has 0 saturated heterocycles. The molecule has 3 N–H and O–H groups in total. The van der Waals surface area contributed by atoms with Gasteiger partial charge in [-0.2, -0.15) is 0 Å². The quantitative estimate of drug-likeness (QED) is 0.351. The van der Waals surface area contributed by atoms with Crippen LogP contribution in [0.15, 0.2) is 4.99 Å². The van der Waals surface area contributed by atoms with Crippen LogP contribution in [0.5, 0.6) is 0 Å². The molecule has 0 saturated carbocycles. The molecule has 0 rings (SSSR count). The summed E-state index contributed by atoms with van der Waals surface area (Å²) in [6.07, 6.45) is 4.90. The van der Waals surface area contributed by atoms with Crippen molar-refractivity contribution in [1.82, 2.24) is 5.32 Å². The van der Waals surface area contributed by atoms with Crippen LogP contribution in [-0.2, 0) is 4.74 Å². The Bertz CT molecular complexity index is 193. The van der Waals surface area contributed by atoms with Crippen LogP contribution in [0.3, 0.4) is 0 Å². The van der Waals surface area contributed by atoms with Crippen LogP contribution >= 0.6 is 0 Å². The predicted molar refractivity (Wildman–Crippen MR) is 74.3 cm³/mol. The van der Waals surface area contributed by atoms with Crippen LogP contribution in [0.2, 0.25) is 0 Å². The third-order valence-electron chi connectivity index (χ3n) is 2.30. The van der Waals surface area contributed by atoms with Crippen LogP contribution in [0, 0.1) is 5.92 Å². The normalized spacial score (nSPS) is 12.1. The molecular formula is C13H29N3O. The Labute approximate surface area is 106 Å². The second kappa shape index (κ2) is 11.7. The summed E-state index contributed by atoms with van der Waals surface area (Å²) in [5, 5.41) is 3.05. The van der Waals surface area contributed by atoms with E-state index in [1.807, 2.05) is 0 Å². The van der Waals surface area contributed by atoms with Gasteiger partial charge >= 0.3 is 0 Å². The first-order valence-corrected chi connectivity index (χ1v) is 6.78. The number of rotatable bonds is 10. The zero-order chi connectivity index (χ0) is 12.9. The number of hydrogen-bond acceptors (Lipinski definition) is 2. The Morgan fingerprint density at radius 2 is 2.06 bits per heavy atom. The number of nitrogens with two attached hydrogens (primary N) is 1. The summed E-state index contributed by atoms with van der Waals surface area (Å²) in [5.74, 6) is 1.12. The van der Waals surface area contributed by atoms with Crippen LogP contribution in [0.4, 0.5) is 0 Å². The minimum atomic E-state index is 0.537. The van der Waals surface area contributed by atoms with E-state index in [1.165, 1.54) is 19.3 Å². The molecule has 0 bridgehead atoms. The molecule has 0 aromatic carbocycles. The summed E-state index contributed by atoms with van der Waals surface area (Å²) in [6.45, 7) is 9.53. The molecule has 0 fully saturated rings. The zero-order valence-corrected chi connectivity index (χ0v) is 11.7. The fourth-order valence-corrected chi connectivity index (χ4v) is 1.36. The number of guanidine groups is 1. The highest BCUT2D eigenvalue weighted by atomic mass is 16.5. The molecule has 0 spiro atoms. The van der Waals surface area contributed by atoms with E-state index in [1.54, 1.807) is 0 Å². The highest BCUT2D eigenvalue weighted by Crippen LogP contribution is 1.98. The molecule has 17 heavy (non-hydrogen) atoms. The lowest BCUT2D eigenvalue weighted by atomic mass is 10.2. The Morgan fingerprint density at radius 1 is 1.29 bits per heavy atom. The predicted octanol–water partition coefficient (Wildman–Crippen LogP) is 2.14. The molecule has 102 valence electrons. The zero-order valence-electron chi connectivity index (χ0n) is 11.7. The van der Waals surface area contributed by atoms with Gasteiger partial charge in [0.2, 0.25) is 0 Å². The lowest BCUT2D eigenvalue weighted by Crippen LogP contribution is -2.34. The number of hydrogen-bond donors (Lipinski definition) is 2. The number of aliphatic imine (C=N–C) groups is 1. The average molecular weight is 243 g/mol. The summed E-state index contributed by atoms with van der Waals surface area (Å²) < 4.78 is 5.43. The monoisotopic (exact) mass is 243 g/mol. The van der Waals surface area contributed by atoms with Gasteiger partial charge in [0.05, 0.1) is 6.61 Å². The molecule has 0 heterocycles. The first-order chi connectivity index (χ1) is 8.16. The maximum Gasteiger partial charge on any atom is 0.188 e. The van der Waals surface area contributed by atoms with Crippen LogP contribution < -0.4 is 11.1 Å². The molecule has 0 amide bonds. The van der Waals surface area contributed by atoms with Crippen molar-refractivity contribution in [2.24, 2.45) is 16.6 Å². The molecular weight excluding hydrogens is 214 g/mol. The second-order valence-corrected chi connectivity index (χ2v) is 4.72. The van der Waals surface area contributed by atoms with Gasteiger partial charge in [0, 0.05) is 19.7 Å². The van der Waals surface area contributed by atoms with Crippen molar-refractivity contribution in [3.8, 4) is 0 Å². The van der Waals surface area contributed by atoms with Crippen molar-refractivity contribution in [3.63, 3.8) is 0 Å². The van der Waals surface area contributed by atoms with Crippen molar-refractivity contribution in [1.29, 1.82) is 0 Å². The van der Waals surface area contributed by atoms with Gasteiger partial charge < -0.3 is 15.8 Å². The van der Waals surface area contributed by atoms with Crippen LogP contribution in [0.1, 0.15) is 46.5 Å². The molecule has 0 unspecified atom stereocenters. The Kier molecular flexibility index (Phi) is 11.2. The number of nitrogens with zero attached hydrogens (tertiary/aromatic N) is 1. The Hall–Kier alpha value is -0.770. The molecule has 0 aliphatic rings. The third kappa shape index (κ3) is 13.2. The fourth-order valence-electron chi connectivity index (χ4n) is 1.36. The summed E-state index contributed by atoms with van der Waals surface area (Å²) in [4.78, 5) is 4.26. The largest absolute Gasteiger partial charge is 0.379 e. The molecule has 0 aliphatic carbocycles. The number of unbranched alkanes of at least 4 members (excludes halogenated alkanes) is 3. The van der Waals surface area contributed by atoms with Crippen molar-refractivity contribution < 1.29 is 4.74 Å². The SMILES string of the molecule is CCCCCCN=C(N)NCCOCC(C)C. The maximum atomic E-state index is 5.71. The maximum absolute atomic E-state index is 5.71. The highest BCUT2D eigenvalue weighted by molar-refractivity contribution is 5.77. The van der Waals surface area contributed by atoms with Crippen LogP contribution in [-0.4, -0.2) is 32.3 Å². The van der Waals surface area contributed by atoms with E-state index in [-0.39, 0.29) is 0 Å². The van der Waals surface area contributed by atoms with E-state index in [9.17, 15) is 0 Å². The fraction of sp³-hybridized carbons (Fsp3) is 0.923. The van der Waals surface area contributed by atoms with E-state index >= 15 is 0 Å². The third-order valence-corrected chi connectivity index (χ3v) is 2.30. The van der Waals surface area contributed by atoms with Gasteiger partial charge in [-0.3, -0.25) is 4.99 Å². The first-order valence-electron chi connectivity index (χ1n) is 6.78. The lowest BCUT2D eigenvalue weighted by Gasteiger charge is -2.08. The molecule has 0 aliphatic heterocycles. The van der Waals surface area contributed by atoms with Gasteiger partial charge in [0.25, 0.3) is 0 Å². The van der Waals surface area contributed by atoms with Gasteiger partial charge in [-0.15, -0.1) is 0 Å². The smallest absolute Gasteiger partial charge is 0.188 e. The average Bonchev–Trinajstić information content (AvgIpc) is 2.28. The van der Waals surface area contributed by atoms with Gasteiger partial charge in [-0.1, -0.05) is 40.0 Å². The lowest BCUT2D eigenvalue weighted by molar-refractivity contribution is 0.114. The van der Waals surface area contributed by atoms with Crippen LogP contribution in [0.25, 0.3) is 0 Å². The minimum absolute atomic E-state index is 0.537. The number of nitrogens with one attached hydrogen (secondary N) is 1. The standard InChI is InChI=1S/C13H29N3O/c1-4-5-6-7-8-15-13(14)16-9-10-17-11-12(2)3/h12H,4-11H2,1-3H3,(H3,14,15,16). The van der Waals surface area contributed by atoms with Gasteiger partial charge in [0.15, 0.2) is 5.96 Å². The summed E-state index contributed by atoms with van der Waals surface area (Å²) >= 11 is 0. The summed E-state index contributed by atoms with van der Waals surface area (Å²) in [6, 6.07) is 0. The molecule has 4 nitrogen and oxygen atoms in total. The first kappa shape index (κ1) is 16.2. The Morgan fingerprint density at radius 3 is 2.71 bits per heavy atom. The van der Waals surface area contributed by atoms with E-state index in [0.29, 0.717) is 18.5 Å². The van der Waals surface area contributed by atoms with Crippen molar-refractivity contribution in [2.45, 2.75) is 46.5 Å². The molecule has 0 aromatic rings. The van der Waals surface area contributed by atoms with Crippen molar-refractivity contribution >= 4 is 5.96 Å². The number of ether oxygens (including phenoxy) is 1. The summed E-state index contributed by atoms with van der Waals surface area (Å²) in [5.41, 5.74) is 5.71. The van der Waals surface area contributed by atoms with E-state index in [0.717, 1.165) is 26.1 Å². The van der Waals surface area contributed by atoms with E-state index < -0.39 is 0 Å². The highest BCUT2D eigenvalue weighted by Gasteiger charge is 1.94. The second-order valence-electron chi connectivity index (χ2n) is 4.72. The van der Waals surface area contributed by atoms with Gasteiger partial charge in [-0.25, -0.2) is 0 Å². The minimum Gasteiger partial charge on any atom is -0.379 e. The molecule has 0 atom stereocenters. The van der Waals surface area contributed by atoms with E-state index in [2.05, 4.69) is 31.1 Å². The van der Waals surface area contributed by atoms with Crippen molar-refractivity contribution in [2.75, 3.05) is 26.3 Å². The van der Waals surface area contributed by atoms with Gasteiger partial charge in [-0.05, 0) is 12.3 Å².